The van der Waals surface area contributed by atoms with Crippen LogP contribution in [0.4, 0.5) is 20.3 Å². The van der Waals surface area contributed by atoms with E-state index in [4.69, 9.17) is 0 Å². The van der Waals surface area contributed by atoms with Crippen molar-refractivity contribution in [3.8, 4) is 0 Å². The Bertz CT molecular complexity index is 901. The van der Waals surface area contributed by atoms with Crippen molar-refractivity contribution in [1.29, 1.82) is 0 Å². The van der Waals surface area contributed by atoms with Crippen LogP contribution in [0.3, 0.4) is 0 Å². The molecule has 132 valence electrons. The van der Waals surface area contributed by atoms with Crippen LogP contribution in [0, 0.1) is 11.6 Å². The first kappa shape index (κ1) is 17.5. The van der Waals surface area contributed by atoms with Gasteiger partial charge in [0.1, 0.15) is 11.5 Å². The van der Waals surface area contributed by atoms with Gasteiger partial charge in [0.05, 0.1) is 12.4 Å². The zero-order chi connectivity index (χ0) is 18.5. The number of carbonyl (C=O) groups excluding carboxylic acids is 1. The van der Waals surface area contributed by atoms with Gasteiger partial charge in [0.2, 0.25) is 0 Å². The Morgan fingerprint density at radius 2 is 1.81 bits per heavy atom. The van der Waals surface area contributed by atoms with E-state index in [9.17, 15) is 13.6 Å². The van der Waals surface area contributed by atoms with Gasteiger partial charge in [-0.05, 0) is 17.7 Å². The highest BCUT2D eigenvalue weighted by Crippen LogP contribution is 2.17. The highest BCUT2D eigenvalue weighted by Gasteiger charge is 2.14. The molecular formula is C19H16F2N4O. The highest BCUT2D eigenvalue weighted by molar-refractivity contribution is 5.91. The van der Waals surface area contributed by atoms with E-state index in [2.05, 4.69) is 15.3 Å². The number of carbonyl (C=O) groups is 1. The van der Waals surface area contributed by atoms with E-state index < -0.39 is 11.6 Å². The second-order valence-electron chi connectivity index (χ2n) is 5.69. The van der Waals surface area contributed by atoms with Gasteiger partial charge in [-0.1, -0.05) is 30.3 Å². The number of anilines is 2. The topological polar surface area (TPSA) is 58.1 Å². The number of nitrogens with one attached hydrogen (secondary N) is 1. The van der Waals surface area contributed by atoms with Crippen LogP contribution in [0.2, 0.25) is 0 Å². The lowest BCUT2D eigenvalue weighted by Crippen LogP contribution is -2.27. The zero-order valence-corrected chi connectivity index (χ0v) is 14.0. The lowest BCUT2D eigenvalue weighted by atomic mass is 10.2. The fourth-order valence-electron chi connectivity index (χ4n) is 2.35. The van der Waals surface area contributed by atoms with Crippen LogP contribution in [0.1, 0.15) is 16.1 Å². The van der Waals surface area contributed by atoms with Gasteiger partial charge in [0.25, 0.3) is 5.91 Å². The van der Waals surface area contributed by atoms with E-state index >= 15 is 0 Å². The summed E-state index contributed by atoms with van der Waals surface area (Å²) in [4.78, 5) is 22.1. The maximum Gasteiger partial charge on any atom is 0.274 e. The first-order valence-electron chi connectivity index (χ1n) is 7.86. The molecule has 0 radical (unpaired) electrons. The first-order valence-corrected chi connectivity index (χ1v) is 7.86. The Hall–Kier alpha value is -3.35. The van der Waals surface area contributed by atoms with Crippen molar-refractivity contribution in [2.24, 2.45) is 0 Å². The molecule has 0 fully saturated rings. The van der Waals surface area contributed by atoms with Gasteiger partial charge < -0.3 is 10.2 Å². The maximum atomic E-state index is 13.2. The molecule has 2 aromatic carbocycles. The van der Waals surface area contributed by atoms with Gasteiger partial charge in [-0.3, -0.25) is 4.79 Å². The minimum absolute atomic E-state index is 0.194. The third kappa shape index (κ3) is 4.18. The van der Waals surface area contributed by atoms with Crippen molar-refractivity contribution >= 4 is 17.4 Å². The summed E-state index contributed by atoms with van der Waals surface area (Å²) < 4.78 is 26.2. The quantitative estimate of drug-likeness (QED) is 0.758. The van der Waals surface area contributed by atoms with Crippen molar-refractivity contribution in [2.45, 2.75) is 6.54 Å². The summed E-state index contributed by atoms with van der Waals surface area (Å²) in [6.45, 7) is 0.455. The molecule has 0 saturated heterocycles. The molecule has 1 heterocycles. The molecule has 7 heteroatoms. The normalized spacial score (nSPS) is 10.4. The second kappa shape index (κ2) is 7.69. The minimum Gasteiger partial charge on any atom is -0.339 e. The van der Waals surface area contributed by atoms with E-state index in [0.717, 1.165) is 17.7 Å². The average Bonchev–Trinajstić information content (AvgIpc) is 2.65. The Morgan fingerprint density at radius 3 is 2.46 bits per heavy atom. The number of rotatable bonds is 5. The molecule has 0 saturated carbocycles. The fraction of sp³-hybridized carbons (Fsp3) is 0.105. The SMILES string of the molecule is CN(Cc1ccccc1)C(=O)c1cnc(Nc2ccc(F)c(F)c2)cn1. The molecule has 26 heavy (non-hydrogen) atoms. The van der Waals surface area contributed by atoms with E-state index in [0.29, 0.717) is 18.1 Å². The molecule has 0 aliphatic heterocycles. The fourth-order valence-corrected chi connectivity index (χ4v) is 2.35. The molecule has 0 bridgehead atoms. The number of benzene rings is 2. The van der Waals surface area contributed by atoms with E-state index in [1.165, 1.54) is 18.5 Å². The van der Waals surface area contributed by atoms with Crippen molar-refractivity contribution < 1.29 is 13.6 Å². The Kier molecular flexibility index (Phi) is 5.17. The molecule has 0 aliphatic carbocycles. The predicted molar refractivity (Wildman–Crippen MR) is 93.9 cm³/mol. The number of nitrogens with zero attached hydrogens (tertiary/aromatic N) is 3. The van der Waals surface area contributed by atoms with Crippen molar-refractivity contribution in [3.05, 3.63) is 83.8 Å². The number of hydrogen-bond acceptors (Lipinski definition) is 4. The molecule has 0 spiro atoms. The van der Waals surface area contributed by atoms with Crippen molar-refractivity contribution in [3.63, 3.8) is 0 Å². The summed E-state index contributed by atoms with van der Waals surface area (Å²) in [7, 11) is 1.68. The Balaban J connectivity index is 1.66. The number of hydrogen-bond donors (Lipinski definition) is 1. The first-order chi connectivity index (χ1) is 12.5. The molecule has 3 aromatic rings. The van der Waals surface area contributed by atoms with Crippen molar-refractivity contribution in [1.82, 2.24) is 14.9 Å². The maximum absolute atomic E-state index is 13.2. The summed E-state index contributed by atoms with van der Waals surface area (Å²) in [6.07, 6.45) is 2.71. The number of aromatic nitrogens is 2. The van der Waals surface area contributed by atoms with Crippen LogP contribution in [-0.4, -0.2) is 27.8 Å². The average molecular weight is 354 g/mol. The standard InChI is InChI=1S/C19H16F2N4O/c1-25(12-13-5-3-2-4-6-13)19(26)17-10-23-18(11-22-17)24-14-7-8-15(20)16(21)9-14/h2-11H,12H2,1H3,(H,23,24). The number of amides is 1. The van der Waals surface area contributed by atoms with Gasteiger partial charge in [-0.25, -0.2) is 18.7 Å². The monoisotopic (exact) mass is 354 g/mol. The zero-order valence-electron chi connectivity index (χ0n) is 14.0. The largest absolute Gasteiger partial charge is 0.339 e. The summed E-state index contributed by atoms with van der Waals surface area (Å²) in [5.41, 5.74) is 1.53. The highest BCUT2D eigenvalue weighted by atomic mass is 19.2. The van der Waals surface area contributed by atoms with Crippen LogP contribution in [0.15, 0.2) is 60.9 Å². The van der Waals surface area contributed by atoms with Crippen LogP contribution < -0.4 is 5.32 Å². The summed E-state index contributed by atoms with van der Waals surface area (Å²) in [5.74, 6) is -1.83. The van der Waals surface area contributed by atoms with Gasteiger partial charge in [-0.15, -0.1) is 0 Å². The van der Waals surface area contributed by atoms with E-state index in [-0.39, 0.29) is 11.6 Å². The molecular weight excluding hydrogens is 338 g/mol. The van der Waals surface area contributed by atoms with Crippen LogP contribution in [-0.2, 0) is 6.54 Å². The van der Waals surface area contributed by atoms with Crippen molar-refractivity contribution in [2.75, 3.05) is 12.4 Å². The molecule has 5 nitrogen and oxygen atoms in total. The smallest absolute Gasteiger partial charge is 0.274 e. The van der Waals surface area contributed by atoms with Crippen LogP contribution in [0.25, 0.3) is 0 Å². The Labute approximate surface area is 149 Å². The third-order valence-corrected chi connectivity index (χ3v) is 3.67. The predicted octanol–water partition coefficient (Wildman–Crippen LogP) is 3.77. The van der Waals surface area contributed by atoms with E-state index in [1.54, 1.807) is 11.9 Å². The second-order valence-corrected chi connectivity index (χ2v) is 5.69. The Morgan fingerprint density at radius 1 is 1.04 bits per heavy atom. The molecule has 0 atom stereocenters. The van der Waals surface area contributed by atoms with E-state index in [1.807, 2.05) is 30.3 Å². The van der Waals surface area contributed by atoms with Gasteiger partial charge in [0.15, 0.2) is 11.6 Å². The molecule has 1 aromatic heterocycles. The van der Waals surface area contributed by atoms with Gasteiger partial charge in [0, 0.05) is 25.3 Å². The molecule has 3 rings (SSSR count). The molecule has 1 amide bonds. The molecule has 1 N–H and O–H groups in total. The van der Waals surface area contributed by atoms with Crippen LogP contribution in [0.5, 0.6) is 0 Å². The molecule has 0 aliphatic rings. The van der Waals surface area contributed by atoms with Gasteiger partial charge >= 0.3 is 0 Å². The summed E-state index contributed by atoms with van der Waals surface area (Å²) in [6, 6.07) is 13.0. The third-order valence-electron chi connectivity index (χ3n) is 3.67. The lowest BCUT2D eigenvalue weighted by molar-refractivity contribution is 0.0779. The van der Waals surface area contributed by atoms with Gasteiger partial charge in [-0.2, -0.15) is 0 Å². The number of halogens is 2. The van der Waals surface area contributed by atoms with Crippen LogP contribution >= 0.6 is 0 Å². The molecule has 0 unspecified atom stereocenters. The summed E-state index contributed by atoms with van der Waals surface area (Å²) in [5, 5.41) is 2.80. The lowest BCUT2D eigenvalue weighted by Gasteiger charge is -2.16. The minimum atomic E-state index is -0.961. The summed E-state index contributed by atoms with van der Waals surface area (Å²) >= 11 is 0.